The van der Waals surface area contributed by atoms with Gasteiger partial charge in [-0.25, -0.2) is 0 Å². The van der Waals surface area contributed by atoms with Crippen LogP contribution < -0.4 is 19.7 Å². The van der Waals surface area contributed by atoms with Gasteiger partial charge in [0.15, 0.2) is 11.5 Å². The number of methoxy groups -OCH3 is 2. The number of amides is 2. The number of aryl methyl sites for hydroxylation is 1. The van der Waals surface area contributed by atoms with Gasteiger partial charge in [-0.3, -0.25) is 14.5 Å². The summed E-state index contributed by atoms with van der Waals surface area (Å²) in [6.07, 6.45) is 6.66. The Morgan fingerprint density at radius 2 is 1.71 bits per heavy atom. The van der Waals surface area contributed by atoms with Gasteiger partial charge >= 0.3 is 0 Å². The number of nitrogens with zero attached hydrogens (tertiary/aromatic N) is 1. The van der Waals surface area contributed by atoms with Gasteiger partial charge in [0.1, 0.15) is 11.8 Å². The lowest BCUT2D eigenvalue weighted by Crippen LogP contribution is -2.47. The summed E-state index contributed by atoms with van der Waals surface area (Å²) in [6, 6.07) is 15.3. The topological polar surface area (TPSA) is 81.0 Å². The fourth-order valence-electron chi connectivity index (χ4n) is 4.76. The Bertz CT molecular complexity index is 1150. The molecule has 1 N–H and O–H groups in total. The van der Waals surface area contributed by atoms with Crippen molar-refractivity contribution in [2.45, 2.75) is 51.1 Å². The second kappa shape index (κ2) is 11.1. The number of carbonyl (C=O) groups is 2. The van der Waals surface area contributed by atoms with Gasteiger partial charge in [0.05, 0.1) is 26.0 Å². The molecule has 0 bridgehead atoms. The Labute approximate surface area is 206 Å². The van der Waals surface area contributed by atoms with E-state index in [1.165, 1.54) is 24.7 Å². The molecule has 1 saturated carbocycles. The molecule has 2 aromatic carbocycles. The third kappa shape index (κ3) is 5.19. The fourth-order valence-corrected chi connectivity index (χ4v) is 4.76. The van der Waals surface area contributed by atoms with Crippen LogP contribution in [-0.4, -0.2) is 32.1 Å². The number of ether oxygens (including phenoxy) is 2. The Morgan fingerprint density at radius 3 is 2.34 bits per heavy atom. The van der Waals surface area contributed by atoms with Crippen LogP contribution in [0.15, 0.2) is 65.3 Å². The number of carbonyl (C=O) groups excluding carboxylic acids is 2. The van der Waals surface area contributed by atoms with E-state index in [0.717, 1.165) is 25.7 Å². The number of anilines is 1. The third-order valence-corrected chi connectivity index (χ3v) is 6.53. The number of rotatable bonds is 8. The van der Waals surface area contributed by atoms with Crippen molar-refractivity contribution >= 4 is 17.5 Å². The summed E-state index contributed by atoms with van der Waals surface area (Å²) in [6.45, 7) is 1.74. The van der Waals surface area contributed by atoms with Crippen LogP contribution in [0.4, 0.5) is 5.69 Å². The summed E-state index contributed by atoms with van der Waals surface area (Å²) >= 11 is 0. The van der Waals surface area contributed by atoms with Gasteiger partial charge in [-0.05, 0) is 44.0 Å². The fraction of sp³-hybridized carbons (Fsp3) is 0.357. The van der Waals surface area contributed by atoms with Crippen molar-refractivity contribution in [1.82, 2.24) is 5.32 Å². The molecule has 2 amide bonds. The maximum atomic E-state index is 14.0. The molecule has 1 heterocycles. The van der Waals surface area contributed by atoms with E-state index in [9.17, 15) is 9.59 Å². The van der Waals surface area contributed by atoms with E-state index < -0.39 is 6.04 Å². The number of hydrogen-bond acceptors (Lipinski definition) is 5. The number of furan rings is 1. The largest absolute Gasteiger partial charge is 0.493 e. The average Bonchev–Trinajstić information content (AvgIpc) is 3.33. The predicted octanol–water partition coefficient (Wildman–Crippen LogP) is 5.44. The molecule has 35 heavy (non-hydrogen) atoms. The van der Waals surface area contributed by atoms with Crippen LogP contribution >= 0.6 is 0 Å². The Hall–Kier alpha value is -3.74. The zero-order valence-electron chi connectivity index (χ0n) is 20.5. The van der Waals surface area contributed by atoms with Crippen LogP contribution in [0.3, 0.4) is 0 Å². The predicted molar refractivity (Wildman–Crippen MR) is 134 cm³/mol. The van der Waals surface area contributed by atoms with Gasteiger partial charge in [0.2, 0.25) is 5.91 Å². The quantitative estimate of drug-likeness (QED) is 0.468. The van der Waals surface area contributed by atoms with Crippen molar-refractivity contribution in [2.24, 2.45) is 0 Å². The van der Waals surface area contributed by atoms with Crippen LogP contribution in [-0.2, 0) is 4.79 Å². The first-order chi connectivity index (χ1) is 17.0. The normalized spacial score (nSPS) is 14.7. The molecular weight excluding hydrogens is 444 g/mol. The Morgan fingerprint density at radius 1 is 0.971 bits per heavy atom. The second-order valence-corrected chi connectivity index (χ2v) is 8.73. The third-order valence-electron chi connectivity index (χ3n) is 6.53. The minimum atomic E-state index is -0.994. The van der Waals surface area contributed by atoms with Crippen molar-refractivity contribution < 1.29 is 23.5 Å². The molecule has 4 rings (SSSR count). The summed E-state index contributed by atoms with van der Waals surface area (Å²) in [5, 5.41) is 3.22. The van der Waals surface area contributed by atoms with Crippen LogP contribution in [0.25, 0.3) is 0 Å². The number of para-hydroxylation sites is 2. The average molecular weight is 477 g/mol. The molecular formula is C28H32N2O5. The summed E-state index contributed by atoms with van der Waals surface area (Å²) in [5.41, 5.74) is 1.52. The molecule has 0 radical (unpaired) electrons. The highest BCUT2D eigenvalue weighted by atomic mass is 16.5. The van der Waals surface area contributed by atoms with Crippen molar-refractivity contribution in [3.05, 3.63) is 77.7 Å². The molecule has 1 fully saturated rings. The van der Waals surface area contributed by atoms with Crippen LogP contribution in [0.1, 0.15) is 59.8 Å². The van der Waals surface area contributed by atoms with Gasteiger partial charge < -0.3 is 19.2 Å². The standard InChI is InChI=1S/C28H32N2O5/c1-19-22(17-18-35-19)28(32)30(21-13-8-5-9-14-21)25(27(31)29-20-11-6-4-7-12-20)23-15-10-16-24(33-2)26(23)34-3/h5,8-10,13-18,20,25H,4,6-7,11-12H2,1-3H3,(H,29,31). The van der Waals surface area contributed by atoms with Gasteiger partial charge in [-0.15, -0.1) is 0 Å². The van der Waals surface area contributed by atoms with E-state index in [2.05, 4.69) is 5.32 Å². The van der Waals surface area contributed by atoms with Crippen molar-refractivity contribution in [1.29, 1.82) is 0 Å². The van der Waals surface area contributed by atoms with E-state index >= 15 is 0 Å². The van der Waals surface area contributed by atoms with E-state index in [1.54, 1.807) is 38.3 Å². The van der Waals surface area contributed by atoms with Crippen LogP contribution in [0.2, 0.25) is 0 Å². The lowest BCUT2D eigenvalue weighted by molar-refractivity contribution is -0.123. The second-order valence-electron chi connectivity index (χ2n) is 8.73. The highest BCUT2D eigenvalue weighted by molar-refractivity contribution is 6.10. The zero-order valence-corrected chi connectivity index (χ0v) is 20.5. The SMILES string of the molecule is COc1cccc(C(C(=O)NC2CCCCC2)N(C(=O)c2ccoc2C)c2ccccc2)c1OC. The van der Waals surface area contributed by atoms with Gasteiger partial charge in [-0.1, -0.05) is 49.6 Å². The summed E-state index contributed by atoms with van der Waals surface area (Å²) in [7, 11) is 3.08. The van der Waals surface area contributed by atoms with E-state index in [1.807, 2.05) is 30.3 Å². The van der Waals surface area contributed by atoms with E-state index in [-0.39, 0.29) is 17.9 Å². The van der Waals surface area contributed by atoms with E-state index in [0.29, 0.717) is 34.1 Å². The van der Waals surface area contributed by atoms with Gasteiger partial charge in [0, 0.05) is 17.3 Å². The first kappa shape index (κ1) is 24.4. The highest BCUT2D eigenvalue weighted by Gasteiger charge is 2.37. The van der Waals surface area contributed by atoms with Crippen molar-refractivity contribution in [3.8, 4) is 11.5 Å². The van der Waals surface area contributed by atoms with Crippen molar-refractivity contribution in [2.75, 3.05) is 19.1 Å². The maximum absolute atomic E-state index is 14.0. The smallest absolute Gasteiger partial charge is 0.262 e. The number of benzene rings is 2. The molecule has 0 saturated heterocycles. The lowest BCUT2D eigenvalue weighted by atomic mass is 9.94. The molecule has 7 heteroatoms. The summed E-state index contributed by atoms with van der Waals surface area (Å²) in [5.74, 6) is 0.787. The first-order valence-electron chi connectivity index (χ1n) is 12.0. The molecule has 3 aromatic rings. The number of hydrogen-bond donors (Lipinski definition) is 1. The van der Waals surface area contributed by atoms with Crippen molar-refractivity contribution in [3.63, 3.8) is 0 Å². The van der Waals surface area contributed by atoms with Gasteiger partial charge in [0.25, 0.3) is 5.91 Å². The molecule has 1 unspecified atom stereocenters. The molecule has 0 spiro atoms. The summed E-state index contributed by atoms with van der Waals surface area (Å²) in [4.78, 5) is 29.6. The van der Waals surface area contributed by atoms with Gasteiger partial charge in [-0.2, -0.15) is 0 Å². The number of nitrogens with one attached hydrogen (secondary N) is 1. The molecule has 1 atom stereocenters. The molecule has 7 nitrogen and oxygen atoms in total. The van der Waals surface area contributed by atoms with Crippen LogP contribution in [0.5, 0.6) is 11.5 Å². The minimum Gasteiger partial charge on any atom is -0.493 e. The Kier molecular flexibility index (Phi) is 7.75. The molecule has 1 aliphatic rings. The maximum Gasteiger partial charge on any atom is 0.262 e. The molecule has 1 aliphatic carbocycles. The summed E-state index contributed by atoms with van der Waals surface area (Å²) < 4.78 is 16.7. The van der Waals surface area contributed by atoms with E-state index in [4.69, 9.17) is 13.9 Å². The zero-order chi connectivity index (χ0) is 24.8. The monoisotopic (exact) mass is 476 g/mol. The minimum absolute atomic E-state index is 0.0683. The first-order valence-corrected chi connectivity index (χ1v) is 12.0. The van der Waals surface area contributed by atoms with Crippen LogP contribution in [0, 0.1) is 6.92 Å². The Balaban J connectivity index is 1.87. The lowest BCUT2D eigenvalue weighted by Gasteiger charge is -2.34. The molecule has 1 aromatic heterocycles. The molecule has 184 valence electrons. The molecule has 0 aliphatic heterocycles. The highest BCUT2D eigenvalue weighted by Crippen LogP contribution is 2.40.